The van der Waals surface area contributed by atoms with Crippen LogP contribution in [0.15, 0.2) is 101 Å². The third-order valence-electron chi connectivity index (χ3n) is 11.4. The van der Waals surface area contributed by atoms with E-state index >= 15 is 0 Å². The van der Waals surface area contributed by atoms with Gasteiger partial charge in [-0.15, -0.1) is 0 Å². The van der Waals surface area contributed by atoms with Crippen molar-refractivity contribution < 1.29 is 58.3 Å². The molecule has 0 saturated carbocycles. The lowest BCUT2D eigenvalue weighted by atomic mass is 9.89. The van der Waals surface area contributed by atoms with Crippen LogP contribution in [0.5, 0.6) is 11.5 Å². The van der Waals surface area contributed by atoms with Gasteiger partial charge in [-0.2, -0.15) is 0 Å². The first kappa shape index (κ1) is 43.6. The zero-order valence-electron chi connectivity index (χ0n) is 35.3. The van der Waals surface area contributed by atoms with Gasteiger partial charge in [0, 0.05) is 77.4 Å². The Kier molecular flexibility index (Phi) is 12.5. The first-order valence-electron chi connectivity index (χ1n) is 20.9. The molecule has 0 atom stereocenters. The van der Waals surface area contributed by atoms with Crippen molar-refractivity contribution in [2.24, 2.45) is 0 Å². The van der Waals surface area contributed by atoms with Crippen LogP contribution in [0.25, 0.3) is 33.4 Å². The van der Waals surface area contributed by atoms with Gasteiger partial charge < -0.3 is 59.1 Å². The minimum Gasteiger partial charge on any atom is -0.545 e. The van der Waals surface area contributed by atoms with E-state index in [9.17, 15) is 44.4 Å². The van der Waals surface area contributed by atoms with E-state index in [0.717, 1.165) is 55.0 Å². The molecule has 1 aliphatic carbocycles. The Morgan fingerprint density at radius 1 is 0.754 bits per heavy atom. The van der Waals surface area contributed by atoms with Crippen molar-refractivity contribution in [2.45, 2.75) is 12.8 Å². The fourth-order valence-corrected chi connectivity index (χ4v) is 7.98. The molecular formula is C48H45N5O12. The number of amides is 1. The third kappa shape index (κ3) is 9.63. The summed E-state index contributed by atoms with van der Waals surface area (Å²) in [5.74, 6) is -4.71. The molecule has 2 saturated heterocycles. The second kappa shape index (κ2) is 18.7. The molecule has 65 heavy (non-hydrogen) atoms. The Balaban J connectivity index is 1.06. The lowest BCUT2D eigenvalue weighted by Crippen LogP contribution is -2.40. The smallest absolute Gasteiger partial charge is 0.323 e. The average molecular weight is 884 g/mol. The first-order valence-corrected chi connectivity index (χ1v) is 20.9. The molecule has 334 valence electrons. The number of aromatic carboxylic acids is 1. The Hall–Kier alpha value is -8.08. The molecule has 4 N–H and O–H groups in total. The van der Waals surface area contributed by atoms with E-state index in [2.05, 4.69) is 14.8 Å². The topological polar surface area (TPSA) is 225 Å². The van der Waals surface area contributed by atoms with Crippen LogP contribution < -0.4 is 44.5 Å². The van der Waals surface area contributed by atoms with E-state index in [1.165, 1.54) is 29.2 Å². The van der Waals surface area contributed by atoms with Gasteiger partial charge in [-0.1, -0.05) is 18.2 Å². The van der Waals surface area contributed by atoms with Crippen molar-refractivity contribution >= 4 is 63.5 Å². The fourth-order valence-electron chi connectivity index (χ4n) is 7.98. The zero-order valence-corrected chi connectivity index (χ0v) is 35.3. The summed E-state index contributed by atoms with van der Waals surface area (Å²) in [4.78, 5) is 66.2. The fraction of sp³-hybridized carbons (Fsp3) is 0.250. The summed E-state index contributed by atoms with van der Waals surface area (Å²) in [6.07, 6.45) is 2.20. The number of para-hydroxylation sites is 2. The Bertz CT molecular complexity index is 2870. The molecular weight excluding hydrogens is 839 g/mol. The van der Waals surface area contributed by atoms with Crippen molar-refractivity contribution in [1.29, 1.82) is 0 Å². The number of likely N-dealkylation sites (N-methyl/N-ethyl adjacent to an activating group) is 1. The maximum Gasteiger partial charge on any atom is 0.323 e. The van der Waals surface area contributed by atoms with Gasteiger partial charge in [-0.25, -0.2) is 4.58 Å². The molecule has 4 aliphatic rings. The van der Waals surface area contributed by atoms with E-state index in [4.69, 9.17) is 13.9 Å². The summed E-state index contributed by atoms with van der Waals surface area (Å²) < 4.78 is 20.7. The van der Waals surface area contributed by atoms with Crippen LogP contribution in [0, 0.1) is 0 Å². The minimum atomic E-state index is -1.48. The Labute approximate surface area is 371 Å². The van der Waals surface area contributed by atoms with Crippen LogP contribution in [0.3, 0.4) is 0 Å². The molecule has 0 aromatic heterocycles. The maximum atomic E-state index is 13.9. The number of hydrogen-bond donors (Lipinski definition) is 4. The number of carboxylic acid groups (broad SMARTS) is 4. The number of carbonyl (C=O) groups is 5. The summed E-state index contributed by atoms with van der Waals surface area (Å²) in [7, 11) is 1.55. The van der Waals surface area contributed by atoms with Crippen LogP contribution in [0.2, 0.25) is 0 Å². The molecule has 3 aliphatic heterocycles. The number of fused-ring (bicyclic) bond motifs is 2. The number of nitrogens with one attached hydrogen (secondary N) is 1. The summed E-state index contributed by atoms with van der Waals surface area (Å²) in [6, 6.07) is 27.2. The van der Waals surface area contributed by atoms with E-state index in [0.29, 0.717) is 39.1 Å². The maximum absolute atomic E-state index is 13.9. The molecule has 17 nitrogen and oxygen atoms in total. The third-order valence-corrected chi connectivity index (χ3v) is 11.4. The van der Waals surface area contributed by atoms with Crippen LogP contribution in [0.1, 0.15) is 33.6 Å². The molecule has 0 radical (unpaired) electrons. The van der Waals surface area contributed by atoms with Crippen LogP contribution in [0.4, 0.5) is 22.7 Å². The quantitative estimate of drug-likeness (QED) is 0.0540. The monoisotopic (exact) mass is 883 g/mol. The van der Waals surface area contributed by atoms with Gasteiger partial charge in [-0.05, 0) is 66.6 Å². The van der Waals surface area contributed by atoms with Gasteiger partial charge in [0.15, 0.2) is 0 Å². The lowest BCUT2D eigenvalue weighted by molar-refractivity contribution is -0.255. The number of ether oxygens (including phenoxy) is 2. The normalized spacial score (nSPS) is 13.1. The average Bonchev–Trinajstić information content (AvgIpc) is 3.22. The second-order valence-electron chi connectivity index (χ2n) is 15.8. The molecule has 0 bridgehead atoms. The van der Waals surface area contributed by atoms with Crippen molar-refractivity contribution in [2.75, 3.05) is 86.1 Å². The number of anilines is 4. The number of carbonyl (C=O) groups excluding carboxylic acids is 2. The van der Waals surface area contributed by atoms with Gasteiger partial charge in [0.2, 0.25) is 5.36 Å². The first-order chi connectivity index (χ1) is 31.3. The molecule has 3 heterocycles. The van der Waals surface area contributed by atoms with E-state index in [-0.39, 0.29) is 53.8 Å². The molecule has 0 spiro atoms. The number of hydrogen-bond acceptors (Lipinski definition) is 12. The van der Waals surface area contributed by atoms with E-state index in [1.807, 2.05) is 36.4 Å². The molecule has 4 aromatic carbocycles. The van der Waals surface area contributed by atoms with Crippen molar-refractivity contribution in [3.63, 3.8) is 0 Å². The number of carboxylic acids is 4. The van der Waals surface area contributed by atoms with E-state index in [1.54, 1.807) is 43.4 Å². The van der Waals surface area contributed by atoms with Crippen LogP contribution >= 0.6 is 0 Å². The molecule has 1 amide bonds. The molecule has 17 heteroatoms. The van der Waals surface area contributed by atoms with Gasteiger partial charge in [0.1, 0.15) is 68.8 Å². The largest absolute Gasteiger partial charge is 0.545 e. The number of benzene rings is 5. The molecule has 8 rings (SSSR count). The molecule has 2 fully saturated rings. The van der Waals surface area contributed by atoms with Crippen molar-refractivity contribution in [3.05, 3.63) is 114 Å². The highest BCUT2D eigenvalue weighted by Crippen LogP contribution is 2.43. The predicted octanol–water partition coefficient (Wildman–Crippen LogP) is 4.16. The zero-order chi connectivity index (χ0) is 45.8. The summed E-state index contributed by atoms with van der Waals surface area (Å²) >= 11 is 0. The van der Waals surface area contributed by atoms with Gasteiger partial charge >= 0.3 is 17.9 Å². The molecule has 4 aromatic rings. The highest BCUT2D eigenvalue weighted by atomic mass is 16.5. The van der Waals surface area contributed by atoms with Crippen LogP contribution in [-0.2, 0) is 14.4 Å². The highest BCUT2D eigenvalue weighted by Gasteiger charge is 2.25. The Morgan fingerprint density at radius 2 is 1.46 bits per heavy atom. The number of rotatable bonds is 18. The second-order valence-corrected chi connectivity index (χ2v) is 15.8. The lowest BCUT2D eigenvalue weighted by Gasteiger charge is -2.33. The number of nitrogens with zero attached hydrogens (tertiary/aromatic N) is 4. The predicted molar refractivity (Wildman–Crippen MR) is 239 cm³/mol. The van der Waals surface area contributed by atoms with E-state index < -0.39 is 42.9 Å². The summed E-state index contributed by atoms with van der Waals surface area (Å²) in [6.45, 7) is 1.98. The standard InChI is InChI=1S/C48H45N5O12/c1-50(26-43(54)55)37-15-9-30(23-42(37)64-21-20-63-39-7-3-2-6-38(39)53(27-44(56)57)28-45(58)59)49-47(60)29-8-12-33(36(22-29)48(61)62)46-34-13-10-31(51-16-4-17-51)24-40(34)65-41-25-32(11-14-35(41)46)52-18-5-19-52/h2-3,6-15,22-25H,4-5,16-21,26-28H2,1H3,(H4-,49,54,55,56,57,58,59,60,61,62). The van der Waals surface area contributed by atoms with Gasteiger partial charge in [0.05, 0.1) is 29.8 Å². The highest BCUT2D eigenvalue weighted by molar-refractivity contribution is 6.10. The van der Waals surface area contributed by atoms with Crippen molar-refractivity contribution in [3.8, 4) is 33.9 Å². The number of aliphatic carboxylic acids is 3. The summed E-state index contributed by atoms with van der Waals surface area (Å²) in [5, 5.41) is 45.7. The van der Waals surface area contributed by atoms with Gasteiger partial charge in [-0.3, -0.25) is 19.2 Å². The summed E-state index contributed by atoms with van der Waals surface area (Å²) in [5.41, 5.74) is 3.97. The molecule has 0 unspecified atom stereocenters. The minimum absolute atomic E-state index is 0.0313. The Morgan fingerprint density at radius 3 is 2.12 bits per heavy atom. The van der Waals surface area contributed by atoms with Gasteiger partial charge in [0.25, 0.3) is 5.91 Å². The van der Waals surface area contributed by atoms with Crippen LogP contribution in [-0.4, -0.2) is 111 Å². The van der Waals surface area contributed by atoms with Crippen molar-refractivity contribution in [1.82, 2.24) is 4.58 Å². The SMILES string of the molecule is CN(CC(=O)O)c1ccc(NC(=O)c2ccc(-c3c4ccc(=[N+]5CCC5)cc-4oc4cc(N5CCC5)ccc34)c(C(=O)[O-])c2)cc1OCCOc1ccccc1N(CC(=O)O)CC(=O)O.